The molecule has 0 radical (unpaired) electrons. The minimum atomic E-state index is -2.71. The standard InChI is InChI=1S/C11H19NO2S/c13-15(14)6-3-10(7-15)12-8-11(4-5-11)9-1-2-9/h9-10,12H,1-8H2. The summed E-state index contributed by atoms with van der Waals surface area (Å²) in [7, 11) is -2.71. The fourth-order valence-electron chi connectivity index (χ4n) is 2.89. The van der Waals surface area contributed by atoms with E-state index in [0.717, 1.165) is 18.9 Å². The number of hydrogen-bond donors (Lipinski definition) is 1. The summed E-state index contributed by atoms with van der Waals surface area (Å²) in [5.74, 6) is 1.72. The second-order valence-corrected chi connectivity index (χ2v) is 7.85. The van der Waals surface area contributed by atoms with Crippen LogP contribution in [0.25, 0.3) is 0 Å². The summed E-state index contributed by atoms with van der Waals surface area (Å²) in [5, 5.41) is 3.48. The van der Waals surface area contributed by atoms with Crippen LogP contribution in [-0.2, 0) is 9.84 Å². The predicted octanol–water partition coefficient (Wildman–Crippen LogP) is 0.953. The zero-order valence-electron chi connectivity index (χ0n) is 9.04. The van der Waals surface area contributed by atoms with Gasteiger partial charge in [0.05, 0.1) is 11.5 Å². The van der Waals surface area contributed by atoms with Gasteiger partial charge in [-0.1, -0.05) is 0 Å². The second-order valence-electron chi connectivity index (χ2n) is 5.62. The SMILES string of the molecule is O=S1(=O)CCC(NCC2(C3CC3)CC2)C1. The fourth-order valence-corrected chi connectivity index (χ4v) is 4.60. The highest BCUT2D eigenvalue weighted by Crippen LogP contribution is 2.60. The predicted molar refractivity (Wildman–Crippen MR) is 59.5 cm³/mol. The Morgan fingerprint density at radius 2 is 1.93 bits per heavy atom. The zero-order valence-corrected chi connectivity index (χ0v) is 9.85. The highest BCUT2D eigenvalue weighted by molar-refractivity contribution is 7.91. The van der Waals surface area contributed by atoms with E-state index in [1.54, 1.807) is 0 Å². The summed E-state index contributed by atoms with van der Waals surface area (Å²) in [6.07, 6.45) is 6.37. The van der Waals surface area contributed by atoms with Crippen LogP contribution in [0.15, 0.2) is 0 Å². The van der Waals surface area contributed by atoms with E-state index in [-0.39, 0.29) is 6.04 Å². The van der Waals surface area contributed by atoms with Crippen LogP contribution in [-0.4, -0.2) is 32.5 Å². The van der Waals surface area contributed by atoms with Crippen LogP contribution < -0.4 is 5.32 Å². The Kier molecular flexibility index (Phi) is 2.15. The molecule has 2 saturated carbocycles. The lowest BCUT2D eigenvalue weighted by Gasteiger charge is -2.18. The molecule has 1 saturated heterocycles. The summed E-state index contributed by atoms with van der Waals surface area (Å²) in [4.78, 5) is 0. The minimum absolute atomic E-state index is 0.242. The molecule has 0 spiro atoms. The Balaban J connectivity index is 1.51. The fraction of sp³-hybridized carbons (Fsp3) is 1.00. The van der Waals surface area contributed by atoms with Crippen LogP contribution in [0, 0.1) is 11.3 Å². The highest BCUT2D eigenvalue weighted by Gasteiger charge is 2.53. The van der Waals surface area contributed by atoms with Crippen LogP contribution in [0.4, 0.5) is 0 Å². The van der Waals surface area contributed by atoms with Gasteiger partial charge in [0.15, 0.2) is 9.84 Å². The molecule has 3 fully saturated rings. The van der Waals surface area contributed by atoms with Crippen LogP contribution in [0.1, 0.15) is 32.1 Å². The van der Waals surface area contributed by atoms with Crippen molar-refractivity contribution in [3.05, 3.63) is 0 Å². The maximum Gasteiger partial charge on any atom is 0.151 e. The first-order valence-electron chi connectivity index (χ1n) is 6.04. The normalized spacial score (nSPS) is 36.7. The Hall–Kier alpha value is -0.0900. The first kappa shape index (κ1) is 10.1. The average molecular weight is 229 g/mol. The Morgan fingerprint density at radius 3 is 2.40 bits per heavy atom. The average Bonchev–Trinajstić information content (AvgIpc) is 3.02. The molecule has 1 heterocycles. The molecule has 0 aromatic heterocycles. The molecule has 0 amide bonds. The molecule has 1 atom stereocenters. The van der Waals surface area contributed by atoms with Gasteiger partial charge in [0.25, 0.3) is 0 Å². The van der Waals surface area contributed by atoms with E-state index in [1.165, 1.54) is 25.7 Å². The second kappa shape index (κ2) is 3.20. The van der Waals surface area contributed by atoms with Gasteiger partial charge in [0.1, 0.15) is 0 Å². The third-order valence-corrected chi connectivity index (χ3v) is 6.08. The van der Waals surface area contributed by atoms with E-state index < -0.39 is 9.84 Å². The number of rotatable bonds is 4. The van der Waals surface area contributed by atoms with Gasteiger partial charge in [-0.05, 0) is 43.4 Å². The van der Waals surface area contributed by atoms with Crippen LogP contribution >= 0.6 is 0 Å². The van der Waals surface area contributed by atoms with E-state index in [0.29, 0.717) is 16.9 Å². The van der Waals surface area contributed by atoms with Crippen molar-refractivity contribution in [3.8, 4) is 0 Å². The quantitative estimate of drug-likeness (QED) is 0.781. The number of nitrogens with one attached hydrogen (secondary N) is 1. The van der Waals surface area contributed by atoms with Crippen LogP contribution in [0.3, 0.4) is 0 Å². The third-order valence-electron chi connectivity index (χ3n) is 4.31. The van der Waals surface area contributed by atoms with Crippen molar-refractivity contribution in [3.63, 3.8) is 0 Å². The van der Waals surface area contributed by atoms with E-state index in [9.17, 15) is 8.42 Å². The molecule has 0 bridgehead atoms. The summed E-state index contributed by atoms with van der Waals surface area (Å²) >= 11 is 0. The minimum Gasteiger partial charge on any atom is -0.312 e. The first-order chi connectivity index (χ1) is 7.10. The molecule has 15 heavy (non-hydrogen) atoms. The van der Waals surface area contributed by atoms with Gasteiger partial charge in [-0.2, -0.15) is 0 Å². The number of hydrogen-bond acceptors (Lipinski definition) is 3. The van der Waals surface area contributed by atoms with Crippen molar-refractivity contribution >= 4 is 9.84 Å². The van der Waals surface area contributed by atoms with Crippen molar-refractivity contribution in [1.82, 2.24) is 5.32 Å². The molecule has 0 aromatic rings. The summed E-state index contributed by atoms with van der Waals surface area (Å²) in [6, 6.07) is 0.242. The monoisotopic (exact) mass is 229 g/mol. The summed E-state index contributed by atoms with van der Waals surface area (Å²) in [6.45, 7) is 1.07. The molecule has 1 unspecified atom stereocenters. The molecular weight excluding hydrogens is 210 g/mol. The van der Waals surface area contributed by atoms with Crippen LogP contribution in [0.2, 0.25) is 0 Å². The summed E-state index contributed by atoms with van der Waals surface area (Å²) < 4.78 is 22.6. The van der Waals surface area contributed by atoms with Gasteiger partial charge < -0.3 is 5.32 Å². The molecule has 0 aromatic carbocycles. The lowest BCUT2D eigenvalue weighted by atomic mass is 10.0. The Morgan fingerprint density at radius 1 is 1.20 bits per heavy atom. The molecule has 3 aliphatic rings. The van der Waals surface area contributed by atoms with Crippen LogP contribution in [0.5, 0.6) is 0 Å². The maximum absolute atomic E-state index is 11.3. The lowest BCUT2D eigenvalue weighted by molar-refractivity contribution is 0.380. The van der Waals surface area contributed by atoms with E-state index >= 15 is 0 Å². The topological polar surface area (TPSA) is 46.2 Å². The van der Waals surface area contributed by atoms with Crippen molar-refractivity contribution in [2.45, 2.75) is 38.1 Å². The molecule has 3 rings (SSSR count). The molecule has 1 aliphatic heterocycles. The summed E-state index contributed by atoms with van der Waals surface area (Å²) in [5.41, 5.74) is 0.590. The molecule has 86 valence electrons. The molecule has 1 N–H and O–H groups in total. The van der Waals surface area contributed by atoms with E-state index in [1.807, 2.05) is 0 Å². The van der Waals surface area contributed by atoms with Crippen molar-refractivity contribution in [2.24, 2.45) is 11.3 Å². The lowest BCUT2D eigenvalue weighted by Crippen LogP contribution is -2.35. The molecular formula is C11H19NO2S. The van der Waals surface area contributed by atoms with E-state index in [4.69, 9.17) is 0 Å². The maximum atomic E-state index is 11.3. The number of sulfone groups is 1. The van der Waals surface area contributed by atoms with Gasteiger partial charge >= 0.3 is 0 Å². The van der Waals surface area contributed by atoms with E-state index in [2.05, 4.69) is 5.32 Å². The van der Waals surface area contributed by atoms with Gasteiger partial charge in [0.2, 0.25) is 0 Å². The third kappa shape index (κ3) is 2.07. The Labute approximate surface area is 91.5 Å². The zero-order chi connectivity index (χ0) is 10.5. The van der Waals surface area contributed by atoms with Crippen molar-refractivity contribution < 1.29 is 8.42 Å². The highest BCUT2D eigenvalue weighted by atomic mass is 32.2. The van der Waals surface area contributed by atoms with Gasteiger partial charge in [-0.25, -0.2) is 8.42 Å². The molecule has 3 nitrogen and oxygen atoms in total. The van der Waals surface area contributed by atoms with Gasteiger partial charge in [0, 0.05) is 12.6 Å². The van der Waals surface area contributed by atoms with Gasteiger partial charge in [-0.3, -0.25) is 0 Å². The van der Waals surface area contributed by atoms with Gasteiger partial charge in [-0.15, -0.1) is 0 Å². The molecule has 4 heteroatoms. The Bertz CT molecular complexity index is 355. The van der Waals surface area contributed by atoms with Crippen molar-refractivity contribution in [2.75, 3.05) is 18.1 Å². The van der Waals surface area contributed by atoms with Crippen molar-refractivity contribution in [1.29, 1.82) is 0 Å². The first-order valence-corrected chi connectivity index (χ1v) is 7.86. The largest absolute Gasteiger partial charge is 0.312 e. The molecule has 2 aliphatic carbocycles. The smallest absolute Gasteiger partial charge is 0.151 e.